The first-order valence-electron chi connectivity index (χ1n) is 7.74. The van der Waals surface area contributed by atoms with Gasteiger partial charge in [0.25, 0.3) is 0 Å². The number of hydrogen-bond acceptors (Lipinski definition) is 2. The fourth-order valence-corrected chi connectivity index (χ4v) is 3.73. The average molecular weight is 341 g/mol. The smallest absolute Gasteiger partial charge is 0.323 e. The molecule has 3 heterocycles. The molecule has 2 aromatic heterocycles. The molecule has 2 amide bonds. The summed E-state index contributed by atoms with van der Waals surface area (Å²) in [7, 11) is 0. The summed E-state index contributed by atoms with van der Waals surface area (Å²) in [5.41, 5.74) is 1.94. The van der Waals surface area contributed by atoms with E-state index in [0.29, 0.717) is 6.54 Å². The monoisotopic (exact) mass is 341 g/mol. The number of halogens is 1. The number of hydrogen-bond donors (Lipinski definition) is 1. The molecule has 1 aliphatic rings. The SMILES string of the molecule is O=C(Nc1cccs1)N1CCn2cccc2[C@@H]1c1ccc(F)cc1. The number of fused-ring (bicyclic) bond motifs is 1. The van der Waals surface area contributed by atoms with Crippen LogP contribution in [0.25, 0.3) is 0 Å². The van der Waals surface area contributed by atoms with Gasteiger partial charge in [0.2, 0.25) is 0 Å². The molecule has 4 nitrogen and oxygen atoms in total. The molecule has 6 heteroatoms. The number of anilines is 1. The molecule has 1 aromatic carbocycles. The highest BCUT2D eigenvalue weighted by molar-refractivity contribution is 7.14. The molecule has 0 aliphatic carbocycles. The Balaban J connectivity index is 1.69. The van der Waals surface area contributed by atoms with E-state index in [0.717, 1.165) is 22.8 Å². The van der Waals surface area contributed by atoms with Gasteiger partial charge >= 0.3 is 6.03 Å². The van der Waals surface area contributed by atoms with Gasteiger partial charge in [-0.15, -0.1) is 11.3 Å². The van der Waals surface area contributed by atoms with Crippen molar-refractivity contribution < 1.29 is 9.18 Å². The van der Waals surface area contributed by atoms with E-state index in [1.165, 1.54) is 23.5 Å². The van der Waals surface area contributed by atoms with Gasteiger partial charge in [0.1, 0.15) is 5.82 Å². The van der Waals surface area contributed by atoms with Gasteiger partial charge in [0.05, 0.1) is 11.0 Å². The Morgan fingerprint density at radius 3 is 2.71 bits per heavy atom. The largest absolute Gasteiger partial charge is 0.348 e. The Morgan fingerprint density at radius 2 is 1.96 bits per heavy atom. The van der Waals surface area contributed by atoms with E-state index in [1.807, 2.05) is 40.7 Å². The maximum atomic E-state index is 13.3. The molecule has 0 radical (unpaired) electrons. The van der Waals surface area contributed by atoms with Gasteiger partial charge in [0.15, 0.2) is 0 Å². The Morgan fingerprint density at radius 1 is 1.12 bits per heavy atom. The third-order valence-electron chi connectivity index (χ3n) is 4.24. The third-order valence-corrected chi connectivity index (χ3v) is 5.02. The molecule has 24 heavy (non-hydrogen) atoms. The zero-order valence-corrected chi connectivity index (χ0v) is 13.7. The van der Waals surface area contributed by atoms with Crippen LogP contribution >= 0.6 is 11.3 Å². The highest BCUT2D eigenvalue weighted by atomic mass is 32.1. The molecule has 0 spiro atoms. The van der Waals surface area contributed by atoms with Crippen molar-refractivity contribution in [3.63, 3.8) is 0 Å². The van der Waals surface area contributed by atoms with Crippen LogP contribution in [0.15, 0.2) is 60.1 Å². The predicted octanol–water partition coefficient (Wildman–Crippen LogP) is 4.33. The number of amides is 2. The van der Waals surface area contributed by atoms with Crippen LogP contribution in [0, 0.1) is 5.82 Å². The van der Waals surface area contributed by atoms with E-state index < -0.39 is 0 Å². The third kappa shape index (κ3) is 2.69. The highest BCUT2D eigenvalue weighted by Gasteiger charge is 2.32. The van der Waals surface area contributed by atoms with Crippen molar-refractivity contribution in [3.05, 3.63) is 77.2 Å². The number of urea groups is 1. The summed E-state index contributed by atoms with van der Waals surface area (Å²) in [6.45, 7) is 1.35. The normalized spacial score (nSPS) is 16.7. The lowest BCUT2D eigenvalue weighted by molar-refractivity contribution is 0.182. The summed E-state index contributed by atoms with van der Waals surface area (Å²) in [6, 6.07) is 13.8. The van der Waals surface area contributed by atoms with Gasteiger partial charge in [-0.1, -0.05) is 12.1 Å². The molecular weight excluding hydrogens is 325 g/mol. The first-order valence-corrected chi connectivity index (χ1v) is 8.62. The second-order valence-corrected chi connectivity index (χ2v) is 6.63. The molecular formula is C18H16FN3OS. The quantitative estimate of drug-likeness (QED) is 0.740. The van der Waals surface area contributed by atoms with E-state index >= 15 is 0 Å². The average Bonchev–Trinajstić information content (AvgIpc) is 3.25. The summed E-state index contributed by atoms with van der Waals surface area (Å²) < 4.78 is 15.4. The van der Waals surface area contributed by atoms with Crippen LogP contribution in [0.5, 0.6) is 0 Å². The van der Waals surface area contributed by atoms with Crippen LogP contribution in [0.3, 0.4) is 0 Å². The van der Waals surface area contributed by atoms with E-state index in [2.05, 4.69) is 9.88 Å². The molecule has 1 N–H and O–H groups in total. The maximum absolute atomic E-state index is 13.3. The summed E-state index contributed by atoms with van der Waals surface area (Å²) in [6.07, 6.45) is 2.01. The van der Waals surface area contributed by atoms with E-state index in [9.17, 15) is 9.18 Å². The number of rotatable bonds is 2. The van der Waals surface area contributed by atoms with Crippen LogP contribution in [-0.2, 0) is 6.54 Å². The first-order chi connectivity index (χ1) is 11.7. The van der Waals surface area contributed by atoms with E-state index in [4.69, 9.17) is 0 Å². The van der Waals surface area contributed by atoms with E-state index in [1.54, 1.807) is 12.1 Å². The predicted molar refractivity (Wildman–Crippen MR) is 92.7 cm³/mol. The lowest BCUT2D eigenvalue weighted by Gasteiger charge is -2.37. The lowest BCUT2D eigenvalue weighted by atomic mass is 10.0. The summed E-state index contributed by atoms with van der Waals surface area (Å²) in [5, 5.41) is 5.69. The van der Waals surface area contributed by atoms with Crippen molar-refractivity contribution in [1.29, 1.82) is 0 Å². The van der Waals surface area contributed by atoms with Gasteiger partial charge in [0, 0.05) is 25.0 Å². The molecule has 0 bridgehead atoms. The zero-order chi connectivity index (χ0) is 16.5. The molecule has 0 unspecified atom stereocenters. The summed E-state index contributed by atoms with van der Waals surface area (Å²) in [5.74, 6) is -0.278. The lowest BCUT2D eigenvalue weighted by Crippen LogP contribution is -2.44. The van der Waals surface area contributed by atoms with Crippen molar-refractivity contribution >= 4 is 22.4 Å². The minimum atomic E-state index is -0.278. The molecule has 0 fully saturated rings. The molecule has 3 aromatic rings. The maximum Gasteiger partial charge on any atom is 0.323 e. The molecule has 0 saturated carbocycles. The Labute approximate surface area is 143 Å². The van der Waals surface area contributed by atoms with Gasteiger partial charge in [-0.05, 0) is 47.3 Å². The van der Waals surface area contributed by atoms with Crippen molar-refractivity contribution in [2.45, 2.75) is 12.6 Å². The number of aromatic nitrogens is 1. The molecule has 4 rings (SSSR count). The molecule has 0 saturated heterocycles. The van der Waals surface area contributed by atoms with Crippen molar-refractivity contribution in [1.82, 2.24) is 9.47 Å². The number of benzene rings is 1. The molecule has 1 aliphatic heterocycles. The summed E-state index contributed by atoms with van der Waals surface area (Å²) >= 11 is 1.49. The van der Waals surface area contributed by atoms with Crippen LogP contribution in [0.2, 0.25) is 0 Å². The second-order valence-electron chi connectivity index (χ2n) is 5.68. The minimum Gasteiger partial charge on any atom is -0.348 e. The second kappa shape index (κ2) is 6.13. The first kappa shape index (κ1) is 15.0. The zero-order valence-electron chi connectivity index (χ0n) is 12.9. The molecule has 122 valence electrons. The highest BCUT2D eigenvalue weighted by Crippen LogP contribution is 2.33. The van der Waals surface area contributed by atoms with Crippen LogP contribution in [-0.4, -0.2) is 22.0 Å². The van der Waals surface area contributed by atoms with Crippen LogP contribution in [0.4, 0.5) is 14.2 Å². The van der Waals surface area contributed by atoms with Gasteiger partial charge in [-0.25, -0.2) is 9.18 Å². The van der Waals surface area contributed by atoms with Crippen molar-refractivity contribution in [3.8, 4) is 0 Å². The Hall–Kier alpha value is -2.60. The van der Waals surface area contributed by atoms with Crippen molar-refractivity contribution in [2.24, 2.45) is 0 Å². The van der Waals surface area contributed by atoms with Gasteiger partial charge in [-0.2, -0.15) is 0 Å². The number of nitrogens with zero attached hydrogens (tertiary/aromatic N) is 2. The number of carbonyl (C=O) groups is 1. The minimum absolute atomic E-state index is 0.140. The topological polar surface area (TPSA) is 37.3 Å². The Bertz CT molecular complexity index is 842. The number of thiophene rings is 1. The number of nitrogens with one attached hydrogen (secondary N) is 1. The van der Waals surface area contributed by atoms with E-state index in [-0.39, 0.29) is 17.9 Å². The fourth-order valence-electron chi connectivity index (χ4n) is 3.12. The van der Waals surface area contributed by atoms with Crippen molar-refractivity contribution in [2.75, 3.05) is 11.9 Å². The fraction of sp³-hybridized carbons (Fsp3) is 0.167. The van der Waals surface area contributed by atoms with Crippen LogP contribution in [0.1, 0.15) is 17.3 Å². The summed E-state index contributed by atoms with van der Waals surface area (Å²) in [4.78, 5) is 14.6. The Kier molecular flexibility index (Phi) is 3.82. The van der Waals surface area contributed by atoms with Gasteiger partial charge < -0.3 is 9.47 Å². The standard InChI is InChI=1S/C18H16FN3OS/c19-14-7-5-13(6-8-14)17-15-3-1-9-21(15)10-11-22(17)18(23)20-16-4-2-12-24-16/h1-9,12,17H,10-11H2,(H,20,23)/t17-/m0/s1. The molecule has 1 atom stereocenters. The number of carbonyl (C=O) groups excluding carboxylic acids is 1. The van der Waals surface area contributed by atoms with Crippen LogP contribution < -0.4 is 5.32 Å². The van der Waals surface area contributed by atoms with Gasteiger partial charge in [-0.3, -0.25) is 5.32 Å².